The van der Waals surface area contributed by atoms with Crippen molar-refractivity contribution in [3.05, 3.63) is 78.5 Å². The zero-order valence-electron chi connectivity index (χ0n) is 20.9. The fraction of sp³-hybridized carbons (Fsp3) is 0.214. The quantitative estimate of drug-likeness (QED) is 0.307. The lowest BCUT2D eigenvalue weighted by Crippen LogP contribution is -2.16. The van der Waals surface area contributed by atoms with Gasteiger partial charge in [0, 0.05) is 43.1 Å². The van der Waals surface area contributed by atoms with Gasteiger partial charge >= 0.3 is 6.09 Å². The summed E-state index contributed by atoms with van der Waals surface area (Å²) < 4.78 is 22.4. The van der Waals surface area contributed by atoms with Crippen LogP contribution in [0.5, 0.6) is 23.0 Å². The number of amides is 1. The molecule has 0 radical (unpaired) electrons. The number of fused-ring (bicyclic) bond motifs is 1. The van der Waals surface area contributed by atoms with Gasteiger partial charge in [-0.25, -0.2) is 4.79 Å². The van der Waals surface area contributed by atoms with Gasteiger partial charge < -0.3 is 23.8 Å². The molecule has 1 atom stereocenters. The number of aromatic nitrogens is 1. The summed E-state index contributed by atoms with van der Waals surface area (Å²) in [5, 5.41) is 3.55. The number of nitrogens with zero attached hydrogens (tertiary/aromatic N) is 2. The topological polar surface area (TPSA) is 82.2 Å². The van der Waals surface area contributed by atoms with E-state index in [4.69, 9.17) is 18.9 Å². The first-order chi connectivity index (χ1) is 17.4. The predicted molar refractivity (Wildman–Crippen MR) is 141 cm³/mol. The third-order valence-corrected chi connectivity index (χ3v) is 5.68. The molecule has 4 rings (SSSR count). The molecule has 0 saturated carbocycles. The first kappa shape index (κ1) is 24.7. The lowest BCUT2D eigenvalue weighted by molar-refractivity contribution is 0.121. The number of benzene rings is 3. The van der Waals surface area contributed by atoms with Gasteiger partial charge in [0.05, 0.1) is 19.7 Å². The lowest BCUT2D eigenvalue weighted by atomic mass is 10.1. The molecule has 1 unspecified atom stereocenters. The Bertz CT molecular complexity index is 1360. The summed E-state index contributed by atoms with van der Waals surface area (Å²) >= 11 is 0. The molecule has 186 valence electrons. The molecule has 0 bridgehead atoms. The minimum absolute atomic E-state index is 0.400. The van der Waals surface area contributed by atoms with E-state index in [2.05, 4.69) is 10.3 Å². The summed E-state index contributed by atoms with van der Waals surface area (Å²) in [5.41, 5.74) is 3.27. The van der Waals surface area contributed by atoms with Crippen molar-refractivity contribution in [2.45, 2.75) is 13.0 Å². The highest BCUT2D eigenvalue weighted by Crippen LogP contribution is 2.37. The van der Waals surface area contributed by atoms with E-state index < -0.39 is 12.2 Å². The fourth-order valence-electron chi connectivity index (χ4n) is 3.70. The van der Waals surface area contributed by atoms with Crippen LogP contribution in [0.25, 0.3) is 10.9 Å². The molecule has 1 aromatic heterocycles. The van der Waals surface area contributed by atoms with Crippen LogP contribution in [-0.2, 0) is 4.74 Å². The second kappa shape index (κ2) is 10.9. The molecule has 1 N–H and O–H groups in total. The Morgan fingerprint density at radius 1 is 0.917 bits per heavy atom. The van der Waals surface area contributed by atoms with E-state index in [1.165, 1.54) is 0 Å². The van der Waals surface area contributed by atoms with Crippen LogP contribution >= 0.6 is 0 Å². The van der Waals surface area contributed by atoms with E-state index in [1.807, 2.05) is 56.3 Å². The predicted octanol–water partition coefficient (Wildman–Crippen LogP) is 6.42. The Morgan fingerprint density at radius 2 is 1.64 bits per heavy atom. The van der Waals surface area contributed by atoms with Gasteiger partial charge in [0.2, 0.25) is 0 Å². The number of nitrogens with one attached hydrogen (secondary N) is 1. The number of carbonyl (C=O) groups excluding carboxylic acids is 1. The number of hydrogen-bond donors (Lipinski definition) is 1. The highest BCUT2D eigenvalue weighted by atomic mass is 16.6. The van der Waals surface area contributed by atoms with Crippen LogP contribution in [0.3, 0.4) is 0 Å². The summed E-state index contributed by atoms with van der Waals surface area (Å²) in [7, 11) is 7.10. The Balaban J connectivity index is 1.42. The van der Waals surface area contributed by atoms with E-state index in [1.54, 1.807) is 56.8 Å². The van der Waals surface area contributed by atoms with Crippen molar-refractivity contribution >= 4 is 28.4 Å². The molecule has 8 nitrogen and oxygen atoms in total. The molecule has 36 heavy (non-hydrogen) atoms. The fourth-order valence-corrected chi connectivity index (χ4v) is 3.70. The highest BCUT2D eigenvalue weighted by Gasteiger charge is 2.14. The number of pyridine rings is 1. The van der Waals surface area contributed by atoms with Crippen molar-refractivity contribution < 1.29 is 23.7 Å². The number of hydrogen-bond acceptors (Lipinski definition) is 7. The zero-order valence-corrected chi connectivity index (χ0v) is 20.9. The summed E-state index contributed by atoms with van der Waals surface area (Å²) in [6.45, 7) is 1.84. The van der Waals surface area contributed by atoms with E-state index in [0.29, 0.717) is 28.7 Å². The van der Waals surface area contributed by atoms with Crippen LogP contribution in [0, 0.1) is 0 Å². The smallest absolute Gasteiger partial charge is 0.412 e. The van der Waals surface area contributed by atoms with Crippen molar-refractivity contribution in [2.24, 2.45) is 0 Å². The largest absolute Gasteiger partial charge is 0.493 e. The van der Waals surface area contributed by atoms with Gasteiger partial charge in [0.15, 0.2) is 11.5 Å². The van der Waals surface area contributed by atoms with Crippen LogP contribution in [0.4, 0.5) is 16.2 Å². The Morgan fingerprint density at radius 3 is 2.33 bits per heavy atom. The molecule has 0 spiro atoms. The zero-order chi connectivity index (χ0) is 25.7. The highest BCUT2D eigenvalue weighted by molar-refractivity contribution is 5.88. The Kier molecular flexibility index (Phi) is 7.44. The molecule has 0 aliphatic carbocycles. The van der Waals surface area contributed by atoms with Crippen LogP contribution in [-0.4, -0.2) is 39.4 Å². The van der Waals surface area contributed by atoms with E-state index in [-0.39, 0.29) is 0 Å². The molecule has 3 aromatic carbocycles. The van der Waals surface area contributed by atoms with Gasteiger partial charge in [0.1, 0.15) is 17.6 Å². The standard InChI is InChI=1S/C28H29N3O5/c1-18(19-7-6-8-21(15-19)31(2)3)35-28(32)30-20-9-11-22(12-10-20)36-25-13-14-29-24-17-27(34-5)26(33-4)16-23(24)25/h6-18H,1-5H3,(H,30,32). The lowest BCUT2D eigenvalue weighted by Gasteiger charge is -2.18. The number of ether oxygens (including phenoxy) is 4. The third-order valence-electron chi connectivity index (χ3n) is 5.68. The van der Waals surface area contributed by atoms with Crippen LogP contribution in [0.15, 0.2) is 72.9 Å². The average molecular weight is 488 g/mol. The molecule has 0 saturated heterocycles. The number of methoxy groups -OCH3 is 2. The van der Waals surface area contributed by atoms with Gasteiger partial charge in [-0.05, 0) is 61.0 Å². The van der Waals surface area contributed by atoms with Gasteiger partial charge in [-0.1, -0.05) is 12.1 Å². The third kappa shape index (κ3) is 5.60. The molecule has 0 fully saturated rings. The van der Waals surface area contributed by atoms with Crippen LogP contribution in [0.1, 0.15) is 18.6 Å². The molecule has 0 aliphatic heterocycles. The molecular formula is C28H29N3O5. The normalized spacial score (nSPS) is 11.5. The minimum atomic E-state index is -0.535. The van der Waals surface area contributed by atoms with E-state index in [0.717, 1.165) is 22.2 Å². The SMILES string of the molecule is COc1cc2nccc(Oc3ccc(NC(=O)OC(C)c4cccc(N(C)C)c4)cc3)c2cc1OC. The molecule has 1 heterocycles. The minimum Gasteiger partial charge on any atom is -0.493 e. The van der Waals surface area contributed by atoms with Crippen LogP contribution < -0.4 is 24.4 Å². The van der Waals surface area contributed by atoms with Gasteiger partial charge in [-0.15, -0.1) is 0 Å². The Hall–Kier alpha value is -4.46. The van der Waals surface area contributed by atoms with Crippen molar-refractivity contribution in [3.8, 4) is 23.0 Å². The van der Waals surface area contributed by atoms with Gasteiger partial charge in [-0.3, -0.25) is 10.3 Å². The summed E-state index contributed by atoms with van der Waals surface area (Å²) in [5.74, 6) is 2.40. The number of carbonyl (C=O) groups is 1. The molecule has 1 amide bonds. The Labute approximate surface area is 210 Å². The number of rotatable bonds is 8. The van der Waals surface area contributed by atoms with Gasteiger partial charge in [0.25, 0.3) is 0 Å². The first-order valence-corrected chi connectivity index (χ1v) is 11.4. The molecular weight excluding hydrogens is 458 g/mol. The second-order valence-corrected chi connectivity index (χ2v) is 8.32. The molecule has 4 aromatic rings. The second-order valence-electron chi connectivity index (χ2n) is 8.32. The number of anilines is 2. The van der Waals surface area contributed by atoms with Gasteiger partial charge in [-0.2, -0.15) is 0 Å². The summed E-state index contributed by atoms with van der Waals surface area (Å²) in [4.78, 5) is 18.8. The maximum absolute atomic E-state index is 12.4. The first-order valence-electron chi connectivity index (χ1n) is 11.4. The van der Waals surface area contributed by atoms with Crippen molar-refractivity contribution in [2.75, 3.05) is 38.5 Å². The van der Waals surface area contributed by atoms with Crippen molar-refractivity contribution in [1.29, 1.82) is 0 Å². The van der Waals surface area contributed by atoms with E-state index >= 15 is 0 Å². The molecule has 8 heteroatoms. The maximum Gasteiger partial charge on any atom is 0.412 e. The molecule has 0 aliphatic rings. The van der Waals surface area contributed by atoms with E-state index in [9.17, 15) is 4.79 Å². The summed E-state index contributed by atoms with van der Waals surface area (Å²) in [6.07, 6.45) is 0.737. The average Bonchev–Trinajstić information content (AvgIpc) is 2.89. The van der Waals surface area contributed by atoms with Crippen molar-refractivity contribution in [1.82, 2.24) is 4.98 Å². The monoisotopic (exact) mass is 487 g/mol. The van der Waals surface area contributed by atoms with Crippen molar-refractivity contribution in [3.63, 3.8) is 0 Å². The summed E-state index contributed by atoms with van der Waals surface area (Å²) in [6, 6.07) is 20.3. The maximum atomic E-state index is 12.4. The van der Waals surface area contributed by atoms with Crippen LogP contribution in [0.2, 0.25) is 0 Å².